The Kier molecular flexibility index (Phi) is 5.18. The van der Waals surface area contributed by atoms with E-state index in [9.17, 15) is 13.2 Å². The van der Waals surface area contributed by atoms with Gasteiger partial charge in [-0.05, 0) is 74.1 Å². The highest BCUT2D eigenvalue weighted by Crippen LogP contribution is 2.44. The third-order valence-corrected chi connectivity index (χ3v) is 9.62. The second kappa shape index (κ2) is 8.25. The molecular formula is C25H24N4O3S2. The van der Waals surface area contributed by atoms with Crippen LogP contribution in [-0.2, 0) is 22.9 Å². The molecule has 1 aliphatic carbocycles. The summed E-state index contributed by atoms with van der Waals surface area (Å²) in [7, 11) is -3.25. The zero-order valence-electron chi connectivity index (χ0n) is 18.5. The first-order valence-electron chi connectivity index (χ1n) is 11.5. The normalized spacial score (nSPS) is 17.1. The molecule has 6 rings (SSSR count). The second-order valence-electron chi connectivity index (χ2n) is 8.76. The number of hydrogen-bond donors (Lipinski definition) is 2. The number of rotatable bonds is 4. The van der Waals surface area contributed by atoms with Crippen molar-refractivity contribution in [3.05, 3.63) is 64.5 Å². The fraction of sp³-hybridized carbons (Fsp3) is 0.280. The van der Waals surface area contributed by atoms with E-state index in [2.05, 4.69) is 10.3 Å². The number of aryl methyl sites for hydroxylation is 1. The van der Waals surface area contributed by atoms with Crippen LogP contribution in [0.2, 0.25) is 0 Å². The zero-order chi connectivity index (χ0) is 23.3. The molecule has 7 nitrogen and oxygen atoms in total. The minimum Gasteiger partial charge on any atom is -0.338 e. The van der Waals surface area contributed by atoms with Gasteiger partial charge in [-0.1, -0.05) is 12.1 Å². The lowest BCUT2D eigenvalue weighted by Gasteiger charge is -2.17. The van der Waals surface area contributed by atoms with Crippen LogP contribution in [0.3, 0.4) is 0 Å². The van der Waals surface area contributed by atoms with Crippen LogP contribution >= 0.6 is 11.3 Å². The number of anilines is 2. The fourth-order valence-electron chi connectivity index (χ4n) is 4.86. The van der Waals surface area contributed by atoms with Crippen molar-refractivity contribution in [3.63, 3.8) is 0 Å². The van der Waals surface area contributed by atoms with E-state index in [0.29, 0.717) is 24.2 Å². The number of para-hydroxylation sites is 2. The maximum absolute atomic E-state index is 13.2. The molecular weight excluding hydrogens is 468 g/mol. The van der Waals surface area contributed by atoms with Crippen LogP contribution < -0.4 is 9.62 Å². The first-order valence-corrected chi connectivity index (χ1v) is 13.9. The summed E-state index contributed by atoms with van der Waals surface area (Å²) in [5.41, 5.74) is 5.23. The predicted molar refractivity (Wildman–Crippen MR) is 136 cm³/mol. The molecule has 4 aromatic rings. The third kappa shape index (κ3) is 3.69. The SMILES string of the molecule is O=C(Nc1sc2c(c1-c1nc3ccccc3[nH]1)CCCC2)c1ccc(N2CCCS2(=O)=O)cc1. The van der Waals surface area contributed by atoms with Crippen LogP contribution in [0.4, 0.5) is 10.7 Å². The minimum atomic E-state index is -3.25. The molecule has 2 aromatic carbocycles. The highest BCUT2D eigenvalue weighted by atomic mass is 32.2. The fourth-order valence-corrected chi connectivity index (χ4v) is 7.71. The summed E-state index contributed by atoms with van der Waals surface area (Å²) in [5, 5.41) is 3.93. The zero-order valence-corrected chi connectivity index (χ0v) is 20.1. The molecule has 2 aliphatic rings. The molecule has 1 amide bonds. The first-order chi connectivity index (χ1) is 16.5. The van der Waals surface area contributed by atoms with Crippen molar-refractivity contribution in [2.45, 2.75) is 32.1 Å². The van der Waals surface area contributed by atoms with Crippen molar-refractivity contribution in [3.8, 4) is 11.4 Å². The van der Waals surface area contributed by atoms with Gasteiger partial charge in [0.15, 0.2) is 0 Å². The number of thiophene rings is 1. The van der Waals surface area contributed by atoms with Gasteiger partial charge in [-0.15, -0.1) is 11.3 Å². The van der Waals surface area contributed by atoms with Gasteiger partial charge < -0.3 is 10.3 Å². The molecule has 0 radical (unpaired) electrons. The van der Waals surface area contributed by atoms with Crippen LogP contribution in [0.25, 0.3) is 22.4 Å². The number of nitrogens with zero attached hydrogens (tertiary/aromatic N) is 2. The van der Waals surface area contributed by atoms with E-state index >= 15 is 0 Å². The standard InChI is InChI=1S/C25H24N4O3S2/c30-24(16-10-12-17(13-11-16)29-14-5-15-34(29,31)32)28-25-22(18-6-1-4-9-21(18)33-25)23-26-19-7-2-3-8-20(19)27-23/h2-3,7-8,10-13H,1,4-6,9,14-15H2,(H,26,27)(H,28,30). The maximum Gasteiger partial charge on any atom is 0.256 e. The summed E-state index contributed by atoms with van der Waals surface area (Å²) in [5.74, 6) is 0.736. The van der Waals surface area contributed by atoms with E-state index in [4.69, 9.17) is 4.98 Å². The first kappa shape index (κ1) is 21.4. The number of benzene rings is 2. The van der Waals surface area contributed by atoms with E-state index in [1.165, 1.54) is 14.7 Å². The summed E-state index contributed by atoms with van der Waals surface area (Å²) in [6, 6.07) is 14.7. The highest BCUT2D eigenvalue weighted by molar-refractivity contribution is 7.93. The average molecular weight is 493 g/mol. The molecule has 9 heteroatoms. The molecule has 2 N–H and O–H groups in total. The molecule has 0 bridgehead atoms. The Morgan fingerprint density at radius 1 is 1.03 bits per heavy atom. The van der Waals surface area contributed by atoms with Gasteiger partial charge in [0.2, 0.25) is 10.0 Å². The summed E-state index contributed by atoms with van der Waals surface area (Å²) in [4.78, 5) is 22.7. The second-order valence-corrected chi connectivity index (χ2v) is 11.9. The van der Waals surface area contributed by atoms with E-state index < -0.39 is 10.0 Å². The maximum atomic E-state index is 13.2. The molecule has 0 unspecified atom stereocenters. The lowest BCUT2D eigenvalue weighted by Crippen LogP contribution is -2.25. The van der Waals surface area contributed by atoms with E-state index in [1.54, 1.807) is 35.6 Å². The van der Waals surface area contributed by atoms with Crippen LogP contribution in [0.5, 0.6) is 0 Å². The number of carbonyl (C=O) groups is 1. The Morgan fingerprint density at radius 2 is 1.82 bits per heavy atom. The molecule has 34 heavy (non-hydrogen) atoms. The topological polar surface area (TPSA) is 95.2 Å². The van der Waals surface area contributed by atoms with Crippen molar-refractivity contribution >= 4 is 49.0 Å². The summed E-state index contributed by atoms with van der Waals surface area (Å²) in [6.07, 6.45) is 4.90. The summed E-state index contributed by atoms with van der Waals surface area (Å²) < 4.78 is 25.8. The molecule has 0 atom stereocenters. The average Bonchev–Trinajstić information content (AvgIpc) is 3.52. The lowest BCUT2D eigenvalue weighted by molar-refractivity contribution is 0.102. The van der Waals surface area contributed by atoms with Crippen molar-refractivity contribution in [1.82, 2.24) is 9.97 Å². The number of nitrogens with one attached hydrogen (secondary N) is 2. The Balaban J connectivity index is 1.32. The molecule has 0 spiro atoms. The molecule has 1 saturated heterocycles. The number of imidazole rings is 1. The van der Waals surface area contributed by atoms with Gasteiger partial charge in [0.1, 0.15) is 10.8 Å². The van der Waals surface area contributed by atoms with Gasteiger partial charge in [0.25, 0.3) is 5.91 Å². The van der Waals surface area contributed by atoms with Gasteiger partial charge >= 0.3 is 0 Å². The quantitative estimate of drug-likeness (QED) is 0.421. The van der Waals surface area contributed by atoms with Gasteiger partial charge in [0, 0.05) is 17.0 Å². The number of H-pyrrole nitrogens is 1. The highest BCUT2D eigenvalue weighted by Gasteiger charge is 2.29. The van der Waals surface area contributed by atoms with Crippen molar-refractivity contribution in [2.75, 3.05) is 21.9 Å². The Bertz CT molecular complexity index is 1470. The van der Waals surface area contributed by atoms with Gasteiger partial charge in [0.05, 0.1) is 28.0 Å². The number of aromatic amines is 1. The Morgan fingerprint density at radius 3 is 2.59 bits per heavy atom. The number of sulfonamides is 1. The smallest absolute Gasteiger partial charge is 0.256 e. The molecule has 0 saturated carbocycles. The molecule has 174 valence electrons. The number of amides is 1. The Labute approximate surface area is 201 Å². The number of fused-ring (bicyclic) bond motifs is 2. The van der Waals surface area contributed by atoms with Crippen LogP contribution in [0.1, 0.15) is 40.1 Å². The molecule has 1 aliphatic heterocycles. The molecule has 2 aromatic heterocycles. The molecule has 1 fully saturated rings. The van der Waals surface area contributed by atoms with E-state index in [1.807, 2.05) is 24.3 Å². The van der Waals surface area contributed by atoms with Gasteiger partial charge in [-0.2, -0.15) is 0 Å². The third-order valence-electron chi connectivity index (χ3n) is 6.54. The van der Waals surface area contributed by atoms with Crippen LogP contribution in [-0.4, -0.2) is 36.6 Å². The van der Waals surface area contributed by atoms with Crippen molar-refractivity contribution < 1.29 is 13.2 Å². The van der Waals surface area contributed by atoms with Crippen molar-refractivity contribution in [1.29, 1.82) is 0 Å². The van der Waals surface area contributed by atoms with Gasteiger partial charge in [-0.3, -0.25) is 9.10 Å². The van der Waals surface area contributed by atoms with E-state index in [-0.39, 0.29) is 11.7 Å². The largest absolute Gasteiger partial charge is 0.338 e. The van der Waals surface area contributed by atoms with Gasteiger partial charge in [-0.25, -0.2) is 13.4 Å². The Hall–Kier alpha value is -3.17. The monoisotopic (exact) mass is 492 g/mol. The van der Waals surface area contributed by atoms with Crippen molar-refractivity contribution in [2.24, 2.45) is 0 Å². The number of aromatic nitrogens is 2. The lowest BCUT2D eigenvalue weighted by atomic mass is 9.95. The minimum absolute atomic E-state index is 0.169. The summed E-state index contributed by atoms with van der Waals surface area (Å²) >= 11 is 1.63. The van der Waals surface area contributed by atoms with Crippen LogP contribution in [0, 0.1) is 0 Å². The van der Waals surface area contributed by atoms with Crippen LogP contribution in [0.15, 0.2) is 48.5 Å². The van der Waals surface area contributed by atoms with E-state index in [0.717, 1.165) is 53.1 Å². The number of carbonyl (C=O) groups excluding carboxylic acids is 1. The predicted octanol–water partition coefficient (Wildman–Crippen LogP) is 4.96. The number of hydrogen-bond acceptors (Lipinski definition) is 5. The summed E-state index contributed by atoms with van der Waals surface area (Å²) in [6.45, 7) is 0.482. The molecule has 3 heterocycles.